The molecule has 2 amide bonds. The molecule has 0 radical (unpaired) electrons. The first-order valence-corrected chi connectivity index (χ1v) is 11.0. The highest BCUT2D eigenvalue weighted by Crippen LogP contribution is 2.37. The highest BCUT2D eigenvalue weighted by molar-refractivity contribution is 5.82. The summed E-state index contributed by atoms with van der Waals surface area (Å²) in [5, 5.41) is 0. The maximum absolute atomic E-state index is 13.2. The lowest BCUT2D eigenvalue weighted by Gasteiger charge is -2.41. The first-order valence-electron chi connectivity index (χ1n) is 11.0. The Morgan fingerprint density at radius 1 is 1.09 bits per heavy atom. The second kappa shape index (κ2) is 9.92. The van der Waals surface area contributed by atoms with E-state index in [1.807, 2.05) is 0 Å². The fourth-order valence-electron chi connectivity index (χ4n) is 4.68. The van der Waals surface area contributed by atoms with Crippen LogP contribution in [0.5, 0.6) is 0 Å². The van der Waals surface area contributed by atoms with Crippen LogP contribution in [0.3, 0.4) is 0 Å². The van der Waals surface area contributed by atoms with E-state index in [1.165, 1.54) is 17.9 Å². The summed E-state index contributed by atoms with van der Waals surface area (Å²) < 4.78 is 44.5. The molecule has 2 aliphatic heterocycles. The van der Waals surface area contributed by atoms with Gasteiger partial charge in [-0.25, -0.2) is 0 Å². The normalized spacial score (nSPS) is 24.2. The summed E-state index contributed by atoms with van der Waals surface area (Å²) in [7, 11) is 0. The number of hydrogen-bond donors (Lipinski definition) is 0. The van der Waals surface area contributed by atoms with Gasteiger partial charge in [-0.2, -0.15) is 13.2 Å². The summed E-state index contributed by atoms with van der Waals surface area (Å²) in [6.07, 6.45) is -2.24. The quantitative estimate of drug-likeness (QED) is 0.649. The predicted molar refractivity (Wildman–Crippen MR) is 110 cm³/mol. The Kier molecular flexibility index (Phi) is 7.46. The number of nitrogens with zero attached hydrogens (tertiary/aromatic N) is 2. The van der Waals surface area contributed by atoms with E-state index in [0.717, 1.165) is 12.1 Å². The molecule has 32 heavy (non-hydrogen) atoms. The van der Waals surface area contributed by atoms with E-state index < -0.39 is 23.7 Å². The fraction of sp³-hybridized carbons (Fsp3) is 0.609. The van der Waals surface area contributed by atoms with Gasteiger partial charge in [0.05, 0.1) is 30.0 Å². The van der Waals surface area contributed by atoms with Gasteiger partial charge in [0.25, 0.3) is 0 Å². The van der Waals surface area contributed by atoms with Crippen molar-refractivity contribution in [3.05, 3.63) is 35.4 Å². The van der Waals surface area contributed by atoms with Crippen molar-refractivity contribution in [1.29, 1.82) is 0 Å². The van der Waals surface area contributed by atoms with Crippen LogP contribution in [0.15, 0.2) is 24.3 Å². The molecule has 0 N–H and O–H groups in total. The average molecular weight is 454 g/mol. The molecule has 6 nitrogen and oxygen atoms in total. The van der Waals surface area contributed by atoms with E-state index in [-0.39, 0.29) is 36.9 Å². The zero-order valence-corrected chi connectivity index (χ0v) is 18.4. The topological polar surface area (TPSA) is 66.9 Å². The van der Waals surface area contributed by atoms with Crippen LogP contribution in [-0.4, -0.2) is 53.8 Å². The Morgan fingerprint density at radius 3 is 2.50 bits per heavy atom. The van der Waals surface area contributed by atoms with Crippen LogP contribution in [0.4, 0.5) is 13.2 Å². The van der Waals surface area contributed by atoms with Gasteiger partial charge in [0.1, 0.15) is 0 Å². The number of amides is 2. The van der Waals surface area contributed by atoms with Crippen LogP contribution >= 0.6 is 0 Å². The molecular formula is C23H29F3N2O4. The fourth-order valence-corrected chi connectivity index (χ4v) is 4.68. The molecule has 2 heterocycles. The highest BCUT2D eigenvalue weighted by Gasteiger charge is 2.39. The third-order valence-corrected chi connectivity index (χ3v) is 6.29. The zero-order valence-electron chi connectivity index (χ0n) is 18.4. The van der Waals surface area contributed by atoms with Crippen molar-refractivity contribution in [1.82, 2.24) is 9.80 Å². The number of benzene rings is 1. The Bertz CT molecular complexity index is 858. The smallest absolute Gasteiger partial charge is 0.416 e. The molecule has 1 aromatic rings. The molecule has 0 aromatic heterocycles. The molecule has 2 fully saturated rings. The average Bonchev–Trinajstić information content (AvgIpc) is 2.78. The molecular weight excluding hydrogens is 425 g/mol. The summed E-state index contributed by atoms with van der Waals surface area (Å²) >= 11 is 0. The lowest BCUT2D eigenvalue weighted by molar-refractivity contribution is -0.152. The molecule has 0 aliphatic carbocycles. The van der Waals surface area contributed by atoms with Gasteiger partial charge in [-0.3, -0.25) is 14.4 Å². The van der Waals surface area contributed by atoms with Crippen LogP contribution in [0.25, 0.3) is 0 Å². The number of esters is 1. The molecule has 0 bridgehead atoms. The molecule has 0 unspecified atom stereocenters. The van der Waals surface area contributed by atoms with Crippen LogP contribution in [0.1, 0.15) is 56.7 Å². The van der Waals surface area contributed by atoms with Gasteiger partial charge < -0.3 is 14.5 Å². The van der Waals surface area contributed by atoms with Crippen molar-refractivity contribution in [2.24, 2.45) is 11.8 Å². The van der Waals surface area contributed by atoms with Crippen molar-refractivity contribution < 1.29 is 32.3 Å². The molecule has 176 valence electrons. The van der Waals surface area contributed by atoms with Crippen LogP contribution < -0.4 is 0 Å². The molecule has 0 spiro atoms. The Hall–Kier alpha value is -2.58. The standard InChI is InChI=1S/C23H29F3N2O4/c1-3-32-22(31)18-7-5-11-27(13-18)21(30)17-9-10-20(28(14-17)15(2)29)16-6-4-8-19(12-16)23(24,25)26/h4,6,8,12,17-18,20H,3,5,7,9-11,13-14H2,1-2H3/t17-,18-,20-/m1/s1. The van der Waals surface area contributed by atoms with E-state index in [1.54, 1.807) is 17.9 Å². The van der Waals surface area contributed by atoms with Gasteiger partial charge in [-0.15, -0.1) is 0 Å². The number of rotatable bonds is 4. The van der Waals surface area contributed by atoms with E-state index in [2.05, 4.69) is 0 Å². The predicted octanol–water partition coefficient (Wildman–Crippen LogP) is 3.81. The van der Waals surface area contributed by atoms with Crippen molar-refractivity contribution in [3.63, 3.8) is 0 Å². The van der Waals surface area contributed by atoms with Crippen molar-refractivity contribution in [3.8, 4) is 0 Å². The van der Waals surface area contributed by atoms with E-state index >= 15 is 0 Å². The summed E-state index contributed by atoms with van der Waals surface area (Å²) in [6, 6.07) is 4.51. The Labute approximate surface area is 185 Å². The number of halogens is 3. The monoisotopic (exact) mass is 454 g/mol. The number of carbonyl (C=O) groups excluding carboxylic acids is 3. The lowest BCUT2D eigenvalue weighted by atomic mass is 9.86. The second-order valence-electron chi connectivity index (χ2n) is 8.46. The third kappa shape index (κ3) is 5.42. The summed E-state index contributed by atoms with van der Waals surface area (Å²) in [6.45, 7) is 4.38. The van der Waals surface area contributed by atoms with Gasteiger partial charge in [0.2, 0.25) is 11.8 Å². The van der Waals surface area contributed by atoms with Crippen molar-refractivity contribution >= 4 is 17.8 Å². The second-order valence-corrected chi connectivity index (χ2v) is 8.46. The minimum absolute atomic E-state index is 0.118. The van der Waals surface area contributed by atoms with Gasteiger partial charge in [-0.1, -0.05) is 12.1 Å². The molecule has 3 rings (SSSR count). The van der Waals surface area contributed by atoms with E-state index in [4.69, 9.17) is 4.74 Å². The van der Waals surface area contributed by atoms with Crippen LogP contribution in [0.2, 0.25) is 0 Å². The lowest BCUT2D eigenvalue weighted by Crippen LogP contribution is -2.50. The minimum Gasteiger partial charge on any atom is -0.466 e. The maximum atomic E-state index is 13.2. The largest absolute Gasteiger partial charge is 0.466 e. The Balaban J connectivity index is 1.72. The van der Waals surface area contributed by atoms with Gasteiger partial charge in [-0.05, 0) is 50.3 Å². The number of ether oxygens (including phenoxy) is 1. The highest BCUT2D eigenvalue weighted by atomic mass is 19.4. The molecule has 1 aromatic carbocycles. The molecule has 0 saturated carbocycles. The number of likely N-dealkylation sites (tertiary alicyclic amines) is 2. The first kappa shape index (κ1) is 24.1. The van der Waals surface area contributed by atoms with Gasteiger partial charge >= 0.3 is 12.1 Å². The van der Waals surface area contributed by atoms with Gasteiger partial charge in [0.15, 0.2) is 0 Å². The van der Waals surface area contributed by atoms with Crippen LogP contribution in [0, 0.1) is 11.8 Å². The summed E-state index contributed by atoms with van der Waals surface area (Å²) in [5.41, 5.74) is -0.337. The zero-order chi connectivity index (χ0) is 23.5. The summed E-state index contributed by atoms with van der Waals surface area (Å²) in [5.74, 6) is -1.50. The Morgan fingerprint density at radius 2 is 1.84 bits per heavy atom. The molecule has 3 atom stereocenters. The van der Waals surface area contributed by atoms with Crippen molar-refractivity contribution in [2.75, 3.05) is 26.2 Å². The van der Waals surface area contributed by atoms with Crippen LogP contribution in [-0.2, 0) is 25.3 Å². The van der Waals surface area contributed by atoms with E-state index in [9.17, 15) is 27.6 Å². The molecule has 9 heteroatoms. The first-order chi connectivity index (χ1) is 15.1. The summed E-state index contributed by atoms with van der Waals surface area (Å²) in [4.78, 5) is 40.8. The van der Waals surface area contributed by atoms with E-state index in [0.29, 0.717) is 44.3 Å². The number of alkyl halides is 3. The number of carbonyl (C=O) groups is 3. The van der Waals surface area contributed by atoms with Gasteiger partial charge in [0, 0.05) is 26.6 Å². The minimum atomic E-state index is -4.46. The number of hydrogen-bond acceptors (Lipinski definition) is 4. The molecule has 2 saturated heterocycles. The SMILES string of the molecule is CCOC(=O)[C@@H]1CCCN(C(=O)[C@@H]2CC[C@H](c3cccc(C(F)(F)F)c3)N(C(C)=O)C2)C1. The third-order valence-electron chi connectivity index (χ3n) is 6.29. The van der Waals surface area contributed by atoms with Crippen molar-refractivity contribution in [2.45, 2.75) is 51.7 Å². The maximum Gasteiger partial charge on any atom is 0.416 e. The number of piperidine rings is 2. The molecule has 2 aliphatic rings.